The van der Waals surface area contributed by atoms with E-state index in [1.54, 1.807) is 10.9 Å². The monoisotopic (exact) mass is 218 g/mol. The summed E-state index contributed by atoms with van der Waals surface area (Å²) in [5.74, 6) is 0.781. The Morgan fingerprint density at radius 3 is 2.81 bits per heavy atom. The fourth-order valence-corrected chi connectivity index (χ4v) is 1.55. The summed E-state index contributed by atoms with van der Waals surface area (Å²) in [5.41, 5.74) is 0.886. The van der Waals surface area contributed by atoms with Crippen LogP contribution in [0.4, 0.5) is 0 Å². The largest absolute Gasteiger partial charge is 0.392 e. The molecule has 1 unspecified atom stereocenters. The zero-order chi connectivity index (χ0) is 11.4. The molecule has 0 saturated carbocycles. The molecule has 0 aliphatic carbocycles. The van der Waals surface area contributed by atoms with E-state index in [1.165, 1.54) is 6.33 Å². The van der Waals surface area contributed by atoms with Gasteiger partial charge in [0.2, 0.25) is 0 Å². The average molecular weight is 218 g/mol. The number of aliphatic hydroxyl groups is 1. The van der Waals surface area contributed by atoms with Gasteiger partial charge in [-0.2, -0.15) is 5.10 Å². The molecule has 5 heteroatoms. The second-order valence-electron chi connectivity index (χ2n) is 3.68. The van der Waals surface area contributed by atoms with Gasteiger partial charge in [-0.3, -0.25) is 9.67 Å². The second-order valence-corrected chi connectivity index (χ2v) is 3.68. The summed E-state index contributed by atoms with van der Waals surface area (Å²) in [7, 11) is 1.82. The van der Waals surface area contributed by atoms with Crippen molar-refractivity contribution in [3.05, 3.63) is 42.2 Å². The van der Waals surface area contributed by atoms with Crippen LogP contribution in [0.25, 0.3) is 0 Å². The van der Waals surface area contributed by atoms with Crippen molar-refractivity contribution in [2.75, 3.05) is 0 Å². The molecule has 2 heterocycles. The molecule has 1 N–H and O–H groups in total. The van der Waals surface area contributed by atoms with E-state index in [0.717, 1.165) is 11.5 Å². The number of pyridine rings is 1. The summed E-state index contributed by atoms with van der Waals surface area (Å²) in [6, 6.07) is 5.68. The summed E-state index contributed by atoms with van der Waals surface area (Å²) < 4.78 is 1.67. The Morgan fingerprint density at radius 1 is 1.31 bits per heavy atom. The molecule has 2 rings (SSSR count). The molecule has 0 amide bonds. The fraction of sp³-hybridized carbons (Fsp3) is 0.364. The summed E-state index contributed by atoms with van der Waals surface area (Å²) in [6.07, 6.45) is 3.77. The van der Waals surface area contributed by atoms with Gasteiger partial charge in [-0.1, -0.05) is 6.07 Å². The number of aromatic nitrogens is 4. The minimum absolute atomic E-state index is 0.474. The molecule has 0 saturated heterocycles. The van der Waals surface area contributed by atoms with Gasteiger partial charge in [0.15, 0.2) is 0 Å². The number of rotatable bonds is 4. The van der Waals surface area contributed by atoms with Crippen LogP contribution in [-0.4, -0.2) is 31.0 Å². The second kappa shape index (κ2) is 4.85. The van der Waals surface area contributed by atoms with E-state index in [4.69, 9.17) is 0 Å². The van der Waals surface area contributed by atoms with Crippen LogP contribution in [0.2, 0.25) is 0 Å². The summed E-state index contributed by atoms with van der Waals surface area (Å²) in [6.45, 7) is 0. The van der Waals surface area contributed by atoms with Crippen molar-refractivity contribution >= 4 is 0 Å². The summed E-state index contributed by atoms with van der Waals surface area (Å²) in [5, 5.41) is 13.8. The van der Waals surface area contributed by atoms with Crippen molar-refractivity contribution in [3.8, 4) is 0 Å². The quantitative estimate of drug-likeness (QED) is 0.804. The molecule has 0 aliphatic rings. The topological polar surface area (TPSA) is 63.8 Å². The van der Waals surface area contributed by atoms with Gasteiger partial charge in [0.1, 0.15) is 12.2 Å². The van der Waals surface area contributed by atoms with E-state index in [0.29, 0.717) is 12.8 Å². The average Bonchev–Trinajstić information content (AvgIpc) is 2.66. The third kappa shape index (κ3) is 2.64. The maximum absolute atomic E-state index is 9.88. The number of hydrogen-bond donors (Lipinski definition) is 1. The Hall–Kier alpha value is -1.75. The molecule has 0 aliphatic heterocycles. The highest BCUT2D eigenvalue weighted by Crippen LogP contribution is 2.04. The van der Waals surface area contributed by atoms with Crippen LogP contribution >= 0.6 is 0 Å². The van der Waals surface area contributed by atoms with E-state index < -0.39 is 6.10 Å². The van der Waals surface area contributed by atoms with Crippen molar-refractivity contribution in [3.63, 3.8) is 0 Å². The first-order chi connectivity index (χ1) is 7.75. The molecule has 0 radical (unpaired) electrons. The van der Waals surface area contributed by atoms with Crippen LogP contribution in [0, 0.1) is 0 Å². The number of aryl methyl sites for hydroxylation is 1. The van der Waals surface area contributed by atoms with Gasteiger partial charge < -0.3 is 5.11 Å². The standard InChI is InChI=1S/C11H14N4O/c1-15-11(13-8-14-15)7-10(16)6-9-4-2-3-5-12-9/h2-5,8,10,16H,6-7H2,1H3. The molecule has 0 aromatic carbocycles. The van der Waals surface area contributed by atoms with E-state index in [2.05, 4.69) is 15.1 Å². The molecule has 0 fully saturated rings. The molecule has 1 atom stereocenters. The normalized spacial score (nSPS) is 12.6. The van der Waals surface area contributed by atoms with Gasteiger partial charge in [-0.15, -0.1) is 0 Å². The zero-order valence-corrected chi connectivity index (χ0v) is 9.11. The van der Waals surface area contributed by atoms with Crippen LogP contribution in [0.15, 0.2) is 30.7 Å². The third-order valence-electron chi connectivity index (χ3n) is 2.39. The van der Waals surface area contributed by atoms with Crippen molar-refractivity contribution in [2.45, 2.75) is 18.9 Å². The molecular weight excluding hydrogens is 204 g/mol. The predicted octanol–water partition coefficient (Wildman–Crippen LogP) is 0.356. The highest BCUT2D eigenvalue weighted by atomic mass is 16.3. The lowest BCUT2D eigenvalue weighted by molar-refractivity contribution is 0.170. The Labute approximate surface area is 93.8 Å². The predicted molar refractivity (Wildman–Crippen MR) is 58.7 cm³/mol. The van der Waals surface area contributed by atoms with Crippen molar-refractivity contribution in [1.29, 1.82) is 0 Å². The Morgan fingerprint density at radius 2 is 2.19 bits per heavy atom. The number of hydrogen-bond acceptors (Lipinski definition) is 4. The van der Waals surface area contributed by atoms with Crippen LogP contribution < -0.4 is 0 Å². The van der Waals surface area contributed by atoms with E-state index >= 15 is 0 Å². The van der Waals surface area contributed by atoms with Crippen molar-refractivity contribution < 1.29 is 5.11 Å². The molecule has 5 nitrogen and oxygen atoms in total. The van der Waals surface area contributed by atoms with Crippen LogP contribution in [-0.2, 0) is 19.9 Å². The van der Waals surface area contributed by atoms with E-state index in [1.807, 2.05) is 25.2 Å². The fourth-order valence-electron chi connectivity index (χ4n) is 1.55. The number of nitrogens with zero attached hydrogens (tertiary/aromatic N) is 4. The third-order valence-corrected chi connectivity index (χ3v) is 2.39. The molecular formula is C11H14N4O. The SMILES string of the molecule is Cn1ncnc1CC(O)Cc1ccccn1. The summed E-state index contributed by atoms with van der Waals surface area (Å²) in [4.78, 5) is 8.24. The maximum Gasteiger partial charge on any atom is 0.138 e. The molecule has 16 heavy (non-hydrogen) atoms. The molecule has 2 aromatic heterocycles. The van der Waals surface area contributed by atoms with Gasteiger partial charge in [0, 0.05) is 31.8 Å². The highest BCUT2D eigenvalue weighted by molar-refractivity contribution is 5.05. The van der Waals surface area contributed by atoms with E-state index in [9.17, 15) is 5.11 Å². The van der Waals surface area contributed by atoms with Gasteiger partial charge in [0.05, 0.1) is 6.10 Å². The first-order valence-electron chi connectivity index (χ1n) is 5.16. The minimum Gasteiger partial charge on any atom is -0.392 e. The minimum atomic E-state index is -0.474. The van der Waals surface area contributed by atoms with E-state index in [-0.39, 0.29) is 0 Å². The van der Waals surface area contributed by atoms with Crippen LogP contribution in [0.1, 0.15) is 11.5 Å². The van der Waals surface area contributed by atoms with Crippen molar-refractivity contribution in [1.82, 2.24) is 19.7 Å². The van der Waals surface area contributed by atoms with Crippen LogP contribution in [0.5, 0.6) is 0 Å². The van der Waals surface area contributed by atoms with Gasteiger partial charge in [-0.25, -0.2) is 4.98 Å². The first-order valence-corrected chi connectivity index (χ1v) is 5.16. The number of aliphatic hydroxyl groups excluding tert-OH is 1. The lowest BCUT2D eigenvalue weighted by Crippen LogP contribution is -2.17. The Kier molecular flexibility index (Phi) is 3.26. The van der Waals surface area contributed by atoms with Crippen LogP contribution in [0.3, 0.4) is 0 Å². The van der Waals surface area contributed by atoms with Crippen molar-refractivity contribution in [2.24, 2.45) is 7.05 Å². The first kappa shape index (κ1) is 10.8. The van der Waals surface area contributed by atoms with Gasteiger partial charge >= 0.3 is 0 Å². The summed E-state index contributed by atoms with van der Waals surface area (Å²) >= 11 is 0. The zero-order valence-electron chi connectivity index (χ0n) is 9.11. The highest BCUT2D eigenvalue weighted by Gasteiger charge is 2.10. The lowest BCUT2D eigenvalue weighted by atomic mass is 10.1. The maximum atomic E-state index is 9.88. The lowest BCUT2D eigenvalue weighted by Gasteiger charge is -2.08. The molecule has 84 valence electrons. The Balaban J connectivity index is 1.95. The molecule has 2 aromatic rings. The smallest absolute Gasteiger partial charge is 0.138 e. The van der Waals surface area contributed by atoms with Gasteiger partial charge in [0.25, 0.3) is 0 Å². The molecule has 0 bridgehead atoms. The Bertz CT molecular complexity index is 440. The molecule has 0 spiro atoms. The van der Waals surface area contributed by atoms with Gasteiger partial charge in [-0.05, 0) is 12.1 Å².